The molecule has 0 radical (unpaired) electrons. The predicted octanol–water partition coefficient (Wildman–Crippen LogP) is 4.24. The molecule has 2 aliphatic carbocycles. The average Bonchev–Trinajstić information content (AvgIpc) is 2.40. The molecule has 2 atom stereocenters. The van der Waals surface area contributed by atoms with E-state index in [-0.39, 0.29) is 12.1 Å². The molecule has 2 saturated carbocycles. The van der Waals surface area contributed by atoms with Gasteiger partial charge in [0.1, 0.15) is 6.10 Å². The van der Waals surface area contributed by atoms with E-state index in [1.54, 1.807) is 12.2 Å². The molecule has 0 aromatic rings. The Hall–Kier alpha value is -0.790. The van der Waals surface area contributed by atoms with Gasteiger partial charge in [0.2, 0.25) is 0 Å². The molecule has 2 fully saturated rings. The fraction of sp³-hybridized carbons (Fsp3) is 0.812. The largest absolute Gasteiger partial charge is 0.459 e. The van der Waals surface area contributed by atoms with E-state index >= 15 is 0 Å². The van der Waals surface area contributed by atoms with Gasteiger partial charge in [0, 0.05) is 6.08 Å². The summed E-state index contributed by atoms with van der Waals surface area (Å²) in [5, 5.41) is 0. The van der Waals surface area contributed by atoms with Gasteiger partial charge >= 0.3 is 5.97 Å². The molecule has 102 valence electrons. The van der Waals surface area contributed by atoms with Gasteiger partial charge in [-0.05, 0) is 38.0 Å². The Balaban J connectivity index is 1.94. The van der Waals surface area contributed by atoms with Crippen LogP contribution in [0.2, 0.25) is 0 Å². The summed E-state index contributed by atoms with van der Waals surface area (Å²) >= 11 is 0. The molecule has 2 unspecified atom stereocenters. The monoisotopic (exact) mass is 250 g/mol. The lowest BCUT2D eigenvalue weighted by atomic mass is 9.72. The second-order valence-corrected chi connectivity index (χ2v) is 5.82. The second-order valence-electron chi connectivity index (χ2n) is 5.82. The molecule has 2 aliphatic rings. The molecule has 0 aromatic heterocycles. The van der Waals surface area contributed by atoms with Crippen LogP contribution in [0.4, 0.5) is 0 Å². The van der Waals surface area contributed by atoms with Gasteiger partial charge in [0.05, 0.1) is 0 Å². The van der Waals surface area contributed by atoms with E-state index in [0.29, 0.717) is 5.92 Å². The van der Waals surface area contributed by atoms with Crippen molar-refractivity contribution in [2.75, 3.05) is 0 Å². The van der Waals surface area contributed by atoms with Crippen molar-refractivity contribution < 1.29 is 9.53 Å². The Labute approximate surface area is 111 Å². The van der Waals surface area contributed by atoms with E-state index in [1.165, 1.54) is 51.4 Å². The quantitative estimate of drug-likeness (QED) is 0.553. The van der Waals surface area contributed by atoms with E-state index in [9.17, 15) is 4.79 Å². The summed E-state index contributed by atoms with van der Waals surface area (Å²) in [4.78, 5) is 11.6. The highest BCUT2D eigenvalue weighted by molar-refractivity contribution is 5.81. The Morgan fingerprint density at radius 3 is 2.39 bits per heavy atom. The van der Waals surface area contributed by atoms with Crippen LogP contribution < -0.4 is 0 Å². The molecule has 2 heteroatoms. The normalized spacial score (nSPS) is 30.5. The first-order valence-corrected chi connectivity index (χ1v) is 7.64. The lowest BCUT2D eigenvalue weighted by Gasteiger charge is -2.38. The SMILES string of the molecule is CC=CC(=O)OC1CCCCC1C1CCCCC1. The maximum Gasteiger partial charge on any atom is 0.330 e. The summed E-state index contributed by atoms with van der Waals surface area (Å²) in [6.07, 6.45) is 15.2. The molecule has 0 spiro atoms. The summed E-state index contributed by atoms with van der Waals surface area (Å²) < 4.78 is 5.67. The van der Waals surface area contributed by atoms with E-state index in [4.69, 9.17) is 4.74 Å². The van der Waals surface area contributed by atoms with Crippen molar-refractivity contribution in [1.82, 2.24) is 0 Å². The van der Waals surface area contributed by atoms with Crippen LogP contribution in [0.5, 0.6) is 0 Å². The molecule has 0 amide bonds. The summed E-state index contributed by atoms with van der Waals surface area (Å²) in [7, 11) is 0. The standard InChI is InChI=1S/C16H26O2/c1-2-8-16(17)18-15-12-7-6-11-14(15)13-9-4-3-5-10-13/h2,8,13-15H,3-7,9-12H2,1H3. The zero-order valence-electron chi connectivity index (χ0n) is 11.6. The molecular formula is C16H26O2. The molecule has 0 N–H and O–H groups in total. The number of ether oxygens (including phenoxy) is 1. The maximum atomic E-state index is 11.6. The number of esters is 1. The first-order chi connectivity index (χ1) is 8.81. The summed E-state index contributed by atoms with van der Waals surface area (Å²) in [5.74, 6) is 1.29. The minimum atomic E-state index is -0.148. The first-order valence-electron chi connectivity index (χ1n) is 7.64. The van der Waals surface area contributed by atoms with Gasteiger partial charge in [-0.15, -0.1) is 0 Å². The van der Waals surface area contributed by atoms with Crippen LogP contribution in [-0.4, -0.2) is 12.1 Å². The molecule has 0 aliphatic heterocycles. The van der Waals surface area contributed by atoms with Crippen LogP contribution in [0.1, 0.15) is 64.7 Å². The summed E-state index contributed by atoms with van der Waals surface area (Å²) in [6, 6.07) is 0. The molecule has 2 nitrogen and oxygen atoms in total. The van der Waals surface area contributed by atoms with Gasteiger partial charge < -0.3 is 4.74 Å². The molecule has 0 bridgehead atoms. The van der Waals surface area contributed by atoms with Gasteiger partial charge in [-0.1, -0.05) is 44.6 Å². The lowest BCUT2D eigenvalue weighted by Crippen LogP contribution is -2.35. The third kappa shape index (κ3) is 3.60. The molecule has 0 heterocycles. The zero-order chi connectivity index (χ0) is 12.8. The summed E-state index contributed by atoms with van der Waals surface area (Å²) in [5.41, 5.74) is 0. The molecule has 18 heavy (non-hydrogen) atoms. The third-order valence-electron chi connectivity index (χ3n) is 4.58. The van der Waals surface area contributed by atoms with Crippen LogP contribution in [0.25, 0.3) is 0 Å². The molecular weight excluding hydrogens is 224 g/mol. The topological polar surface area (TPSA) is 26.3 Å². The minimum absolute atomic E-state index is 0.148. The molecule has 0 saturated heterocycles. The van der Waals surface area contributed by atoms with E-state index < -0.39 is 0 Å². The van der Waals surface area contributed by atoms with Crippen molar-refractivity contribution in [3.63, 3.8) is 0 Å². The fourth-order valence-electron chi connectivity index (χ4n) is 3.70. The Morgan fingerprint density at radius 1 is 1.00 bits per heavy atom. The number of carbonyl (C=O) groups excluding carboxylic acids is 1. The highest BCUT2D eigenvalue weighted by Gasteiger charge is 2.34. The average molecular weight is 250 g/mol. The van der Waals surface area contributed by atoms with Crippen LogP contribution in [0.3, 0.4) is 0 Å². The van der Waals surface area contributed by atoms with E-state index in [0.717, 1.165) is 12.3 Å². The lowest BCUT2D eigenvalue weighted by molar-refractivity contribution is -0.149. The molecule has 0 aromatic carbocycles. The Bertz CT molecular complexity index is 289. The predicted molar refractivity (Wildman–Crippen MR) is 73.2 cm³/mol. The second kappa shape index (κ2) is 6.96. The van der Waals surface area contributed by atoms with Crippen molar-refractivity contribution in [1.29, 1.82) is 0 Å². The number of carbonyl (C=O) groups is 1. The van der Waals surface area contributed by atoms with Crippen LogP contribution in [-0.2, 0) is 9.53 Å². The van der Waals surface area contributed by atoms with Gasteiger partial charge in [0.15, 0.2) is 0 Å². The van der Waals surface area contributed by atoms with Gasteiger partial charge in [-0.2, -0.15) is 0 Å². The maximum absolute atomic E-state index is 11.6. The highest BCUT2D eigenvalue weighted by Crippen LogP contribution is 2.39. The van der Waals surface area contributed by atoms with Crippen molar-refractivity contribution in [3.05, 3.63) is 12.2 Å². The molecule has 2 rings (SSSR count). The van der Waals surface area contributed by atoms with Crippen LogP contribution in [0.15, 0.2) is 12.2 Å². The number of hydrogen-bond donors (Lipinski definition) is 0. The highest BCUT2D eigenvalue weighted by atomic mass is 16.5. The van der Waals surface area contributed by atoms with E-state index in [1.807, 2.05) is 6.92 Å². The number of hydrogen-bond acceptors (Lipinski definition) is 2. The van der Waals surface area contributed by atoms with Crippen molar-refractivity contribution in [2.24, 2.45) is 11.8 Å². The number of rotatable bonds is 3. The van der Waals surface area contributed by atoms with Gasteiger partial charge in [-0.3, -0.25) is 0 Å². The Morgan fingerprint density at radius 2 is 1.67 bits per heavy atom. The van der Waals surface area contributed by atoms with Crippen LogP contribution in [0, 0.1) is 11.8 Å². The Kier molecular flexibility index (Phi) is 5.27. The van der Waals surface area contributed by atoms with E-state index in [2.05, 4.69) is 0 Å². The van der Waals surface area contributed by atoms with Crippen LogP contribution >= 0.6 is 0 Å². The van der Waals surface area contributed by atoms with Gasteiger partial charge in [0.25, 0.3) is 0 Å². The van der Waals surface area contributed by atoms with Crippen molar-refractivity contribution >= 4 is 5.97 Å². The third-order valence-corrected chi connectivity index (χ3v) is 4.58. The first kappa shape index (κ1) is 13.6. The fourth-order valence-corrected chi connectivity index (χ4v) is 3.70. The number of allylic oxidation sites excluding steroid dienone is 1. The smallest absolute Gasteiger partial charge is 0.330 e. The minimum Gasteiger partial charge on any atom is -0.459 e. The summed E-state index contributed by atoms with van der Waals surface area (Å²) in [6.45, 7) is 1.86. The van der Waals surface area contributed by atoms with Crippen molar-refractivity contribution in [3.8, 4) is 0 Å². The zero-order valence-corrected chi connectivity index (χ0v) is 11.6. The van der Waals surface area contributed by atoms with Gasteiger partial charge in [-0.25, -0.2) is 4.79 Å². The van der Waals surface area contributed by atoms with Crippen molar-refractivity contribution in [2.45, 2.75) is 70.8 Å².